The van der Waals surface area contributed by atoms with Crippen LogP contribution in [0.3, 0.4) is 0 Å². The number of anilines is 1. The van der Waals surface area contributed by atoms with Crippen molar-refractivity contribution in [1.82, 2.24) is 4.98 Å². The second-order valence-electron chi connectivity index (χ2n) is 3.49. The monoisotopic (exact) mass is 301 g/mol. The standard InChI is InChI=1S/C13H8BrN3O/c14-11-5-2-6-12(16-11)17-13(18)10-4-1-3-9(7-10)8-15/h1-7H,(H,16,17,18). The Bertz CT molecular complexity index is 634. The first-order chi connectivity index (χ1) is 8.69. The first kappa shape index (κ1) is 12.3. The molecule has 0 aliphatic carbocycles. The van der Waals surface area contributed by atoms with Gasteiger partial charge in [-0.2, -0.15) is 5.26 Å². The van der Waals surface area contributed by atoms with E-state index in [9.17, 15) is 4.79 Å². The molecule has 0 unspecified atom stereocenters. The number of benzene rings is 1. The molecule has 88 valence electrons. The van der Waals surface area contributed by atoms with E-state index in [0.29, 0.717) is 21.5 Å². The molecule has 1 N–H and O–H groups in total. The summed E-state index contributed by atoms with van der Waals surface area (Å²) in [5.41, 5.74) is 0.876. The second-order valence-corrected chi connectivity index (χ2v) is 4.30. The van der Waals surface area contributed by atoms with Gasteiger partial charge in [-0.3, -0.25) is 4.79 Å². The molecule has 2 rings (SSSR count). The maximum Gasteiger partial charge on any atom is 0.256 e. The number of hydrogen-bond acceptors (Lipinski definition) is 3. The van der Waals surface area contributed by atoms with Crippen molar-refractivity contribution in [2.75, 3.05) is 5.32 Å². The molecule has 4 nitrogen and oxygen atoms in total. The fourth-order valence-electron chi connectivity index (χ4n) is 1.40. The summed E-state index contributed by atoms with van der Waals surface area (Å²) in [7, 11) is 0. The summed E-state index contributed by atoms with van der Waals surface area (Å²) in [5, 5.41) is 11.4. The fourth-order valence-corrected chi connectivity index (χ4v) is 1.74. The van der Waals surface area contributed by atoms with Crippen molar-refractivity contribution in [3.8, 4) is 6.07 Å². The van der Waals surface area contributed by atoms with Crippen LogP contribution in [0.15, 0.2) is 47.1 Å². The first-order valence-corrected chi connectivity index (χ1v) is 5.92. The number of carbonyl (C=O) groups is 1. The van der Waals surface area contributed by atoms with E-state index in [1.807, 2.05) is 6.07 Å². The van der Waals surface area contributed by atoms with E-state index in [-0.39, 0.29) is 5.91 Å². The largest absolute Gasteiger partial charge is 0.307 e. The molecule has 1 amide bonds. The summed E-state index contributed by atoms with van der Waals surface area (Å²) in [5.74, 6) is 0.162. The Morgan fingerprint density at radius 3 is 2.78 bits per heavy atom. The van der Waals surface area contributed by atoms with Gasteiger partial charge in [-0.05, 0) is 46.3 Å². The van der Waals surface area contributed by atoms with E-state index >= 15 is 0 Å². The highest BCUT2D eigenvalue weighted by molar-refractivity contribution is 9.10. The van der Waals surface area contributed by atoms with Gasteiger partial charge >= 0.3 is 0 Å². The third kappa shape index (κ3) is 2.93. The molecular weight excluding hydrogens is 294 g/mol. The molecule has 18 heavy (non-hydrogen) atoms. The fraction of sp³-hybridized carbons (Fsp3) is 0. The van der Waals surface area contributed by atoms with E-state index in [2.05, 4.69) is 26.2 Å². The molecule has 0 atom stereocenters. The number of nitrogens with one attached hydrogen (secondary N) is 1. The van der Waals surface area contributed by atoms with Crippen LogP contribution in [0.25, 0.3) is 0 Å². The van der Waals surface area contributed by atoms with Gasteiger partial charge in [0.1, 0.15) is 10.4 Å². The number of rotatable bonds is 2. The summed E-state index contributed by atoms with van der Waals surface area (Å²) in [4.78, 5) is 16.0. The van der Waals surface area contributed by atoms with Crippen molar-refractivity contribution in [2.45, 2.75) is 0 Å². The minimum absolute atomic E-state index is 0.294. The van der Waals surface area contributed by atoms with E-state index in [4.69, 9.17) is 5.26 Å². The Morgan fingerprint density at radius 2 is 2.06 bits per heavy atom. The molecule has 0 spiro atoms. The molecule has 1 aromatic carbocycles. The Balaban J connectivity index is 2.20. The molecule has 0 radical (unpaired) electrons. The highest BCUT2D eigenvalue weighted by Crippen LogP contribution is 2.12. The van der Waals surface area contributed by atoms with Crippen LogP contribution < -0.4 is 5.32 Å². The number of carbonyl (C=O) groups excluding carboxylic acids is 1. The minimum Gasteiger partial charge on any atom is -0.307 e. The Labute approximate surface area is 112 Å². The zero-order valence-corrected chi connectivity index (χ0v) is 10.8. The van der Waals surface area contributed by atoms with Crippen molar-refractivity contribution in [2.24, 2.45) is 0 Å². The molecule has 0 saturated heterocycles. The van der Waals surface area contributed by atoms with Gasteiger partial charge in [-0.15, -0.1) is 0 Å². The number of halogens is 1. The Morgan fingerprint density at radius 1 is 1.28 bits per heavy atom. The lowest BCUT2D eigenvalue weighted by molar-refractivity contribution is 0.102. The van der Waals surface area contributed by atoms with Crippen LogP contribution >= 0.6 is 15.9 Å². The molecule has 1 heterocycles. The lowest BCUT2D eigenvalue weighted by atomic mass is 10.1. The van der Waals surface area contributed by atoms with E-state index < -0.39 is 0 Å². The summed E-state index contributed by atoms with van der Waals surface area (Å²) in [6.45, 7) is 0. The topological polar surface area (TPSA) is 65.8 Å². The van der Waals surface area contributed by atoms with Crippen LogP contribution in [-0.2, 0) is 0 Å². The number of pyridine rings is 1. The predicted molar refractivity (Wildman–Crippen MR) is 71.0 cm³/mol. The van der Waals surface area contributed by atoms with Crippen LogP contribution in [-0.4, -0.2) is 10.9 Å². The number of aromatic nitrogens is 1. The molecule has 0 aliphatic heterocycles. The number of amides is 1. The van der Waals surface area contributed by atoms with Gasteiger partial charge in [0.2, 0.25) is 0 Å². The van der Waals surface area contributed by atoms with Crippen molar-refractivity contribution < 1.29 is 4.79 Å². The summed E-state index contributed by atoms with van der Waals surface area (Å²) >= 11 is 3.23. The van der Waals surface area contributed by atoms with Gasteiger partial charge in [0.25, 0.3) is 5.91 Å². The lowest BCUT2D eigenvalue weighted by Crippen LogP contribution is -2.13. The second kappa shape index (κ2) is 5.43. The van der Waals surface area contributed by atoms with Crippen molar-refractivity contribution in [3.63, 3.8) is 0 Å². The van der Waals surface area contributed by atoms with Crippen LogP contribution in [0.1, 0.15) is 15.9 Å². The van der Waals surface area contributed by atoms with Gasteiger partial charge in [-0.25, -0.2) is 4.98 Å². The molecular formula is C13H8BrN3O. The zero-order valence-electron chi connectivity index (χ0n) is 9.22. The van der Waals surface area contributed by atoms with Gasteiger partial charge in [0, 0.05) is 5.56 Å². The van der Waals surface area contributed by atoms with Crippen molar-refractivity contribution in [1.29, 1.82) is 5.26 Å². The quantitative estimate of drug-likeness (QED) is 0.867. The Kier molecular flexibility index (Phi) is 3.70. The minimum atomic E-state index is -0.294. The normalized spacial score (nSPS) is 9.56. The average molecular weight is 302 g/mol. The SMILES string of the molecule is N#Cc1cccc(C(=O)Nc2cccc(Br)n2)c1. The zero-order chi connectivity index (χ0) is 13.0. The molecule has 5 heteroatoms. The third-order valence-electron chi connectivity index (χ3n) is 2.21. The molecule has 1 aromatic heterocycles. The van der Waals surface area contributed by atoms with E-state index in [1.54, 1.807) is 36.4 Å². The van der Waals surface area contributed by atoms with Crippen molar-refractivity contribution in [3.05, 3.63) is 58.2 Å². The average Bonchev–Trinajstić information content (AvgIpc) is 2.39. The highest BCUT2D eigenvalue weighted by atomic mass is 79.9. The van der Waals surface area contributed by atoms with Gasteiger partial charge < -0.3 is 5.32 Å². The molecule has 0 fully saturated rings. The molecule has 0 bridgehead atoms. The molecule has 0 aliphatic rings. The lowest BCUT2D eigenvalue weighted by Gasteiger charge is -2.04. The van der Waals surface area contributed by atoms with E-state index in [0.717, 1.165) is 0 Å². The summed E-state index contributed by atoms with van der Waals surface area (Å²) < 4.78 is 0.645. The Hall–Kier alpha value is -2.19. The number of nitrogens with zero attached hydrogens (tertiary/aromatic N) is 2. The maximum atomic E-state index is 11.9. The highest BCUT2D eigenvalue weighted by Gasteiger charge is 2.07. The third-order valence-corrected chi connectivity index (χ3v) is 2.65. The van der Waals surface area contributed by atoms with Crippen LogP contribution in [0, 0.1) is 11.3 Å². The van der Waals surface area contributed by atoms with Crippen LogP contribution in [0.2, 0.25) is 0 Å². The van der Waals surface area contributed by atoms with E-state index in [1.165, 1.54) is 6.07 Å². The van der Waals surface area contributed by atoms with Gasteiger partial charge in [0.15, 0.2) is 0 Å². The molecule has 2 aromatic rings. The van der Waals surface area contributed by atoms with Crippen LogP contribution in [0.4, 0.5) is 5.82 Å². The number of nitriles is 1. The van der Waals surface area contributed by atoms with Crippen molar-refractivity contribution >= 4 is 27.7 Å². The van der Waals surface area contributed by atoms with Gasteiger partial charge in [-0.1, -0.05) is 12.1 Å². The van der Waals surface area contributed by atoms with Gasteiger partial charge in [0.05, 0.1) is 11.6 Å². The smallest absolute Gasteiger partial charge is 0.256 e. The maximum absolute atomic E-state index is 11.9. The summed E-state index contributed by atoms with van der Waals surface area (Å²) in [6.07, 6.45) is 0. The predicted octanol–water partition coefficient (Wildman–Crippen LogP) is 2.97. The number of hydrogen-bond donors (Lipinski definition) is 1. The first-order valence-electron chi connectivity index (χ1n) is 5.13. The summed E-state index contributed by atoms with van der Waals surface area (Å²) in [6, 6.07) is 13.7. The van der Waals surface area contributed by atoms with Crippen LogP contribution in [0.5, 0.6) is 0 Å². The molecule has 0 saturated carbocycles.